The molecule has 2 N–H and O–H groups in total. The van der Waals surface area contributed by atoms with Crippen molar-refractivity contribution in [2.45, 2.75) is 6.92 Å². The Labute approximate surface area is 167 Å². The molecule has 0 aliphatic heterocycles. The van der Waals surface area contributed by atoms with E-state index in [0.29, 0.717) is 16.4 Å². The Bertz CT molecular complexity index is 1150. The van der Waals surface area contributed by atoms with Crippen LogP contribution in [-0.2, 0) is 0 Å². The smallest absolute Gasteiger partial charge is 0.274 e. The quantitative estimate of drug-likeness (QED) is 0.478. The van der Waals surface area contributed by atoms with Gasteiger partial charge in [-0.1, -0.05) is 35.9 Å². The number of amides is 1. The van der Waals surface area contributed by atoms with E-state index in [1.165, 1.54) is 0 Å². The minimum absolute atomic E-state index is 0.288. The van der Waals surface area contributed by atoms with Crippen molar-refractivity contribution >= 4 is 45.5 Å². The van der Waals surface area contributed by atoms with E-state index < -0.39 is 0 Å². The normalized spacial score (nSPS) is 10.6. The lowest BCUT2D eigenvalue weighted by molar-refractivity contribution is 0.102. The highest BCUT2D eigenvalue weighted by atomic mass is 35.5. The Hall–Kier alpha value is -3.44. The van der Waals surface area contributed by atoms with Crippen LogP contribution in [0.2, 0.25) is 5.02 Å². The fourth-order valence-corrected chi connectivity index (χ4v) is 3.07. The summed E-state index contributed by atoms with van der Waals surface area (Å²) in [6, 6.07) is 18.6. The summed E-state index contributed by atoms with van der Waals surface area (Å²) in [4.78, 5) is 21.2. The minimum atomic E-state index is -0.288. The molecule has 6 heteroatoms. The molecule has 2 heterocycles. The zero-order valence-corrected chi connectivity index (χ0v) is 15.9. The summed E-state index contributed by atoms with van der Waals surface area (Å²) in [7, 11) is 0. The van der Waals surface area contributed by atoms with Crippen LogP contribution >= 0.6 is 11.6 Å². The van der Waals surface area contributed by atoms with Crippen LogP contribution < -0.4 is 10.6 Å². The molecule has 138 valence electrons. The molecule has 0 aliphatic carbocycles. The molecule has 4 aromatic rings. The van der Waals surface area contributed by atoms with E-state index in [9.17, 15) is 4.79 Å². The van der Waals surface area contributed by atoms with Crippen molar-refractivity contribution in [2.24, 2.45) is 0 Å². The van der Waals surface area contributed by atoms with Gasteiger partial charge in [0.25, 0.3) is 5.91 Å². The standard InChI is InChI=1S/C22H17ClN4O/c1-14-17(23)7-3-8-18(14)26-16-10-11-20(25-13-16)22(28)27-19-9-2-5-15-6-4-12-24-21(15)19/h2-13,26H,1H3,(H,27,28). The fraction of sp³-hybridized carbons (Fsp3) is 0.0455. The van der Waals surface area contributed by atoms with Gasteiger partial charge in [0.1, 0.15) is 5.69 Å². The summed E-state index contributed by atoms with van der Waals surface area (Å²) in [6.07, 6.45) is 3.32. The number of para-hydroxylation sites is 1. The zero-order chi connectivity index (χ0) is 19.5. The van der Waals surface area contributed by atoms with E-state index in [4.69, 9.17) is 11.6 Å². The van der Waals surface area contributed by atoms with E-state index in [2.05, 4.69) is 20.6 Å². The first-order chi connectivity index (χ1) is 13.6. The van der Waals surface area contributed by atoms with Gasteiger partial charge >= 0.3 is 0 Å². The first-order valence-electron chi connectivity index (χ1n) is 8.75. The Morgan fingerprint density at radius 1 is 0.929 bits per heavy atom. The second kappa shape index (κ2) is 7.66. The Morgan fingerprint density at radius 3 is 2.54 bits per heavy atom. The maximum Gasteiger partial charge on any atom is 0.274 e. The Kier molecular flexibility index (Phi) is 4.91. The first kappa shape index (κ1) is 17.9. The predicted octanol–water partition coefficient (Wildman–Crippen LogP) is 5.59. The summed E-state index contributed by atoms with van der Waals surface area (Å²) < 4.78 is 0. The molecule has 28 heavy (non-hydrogen) atoms. The van der Waals surface area contributed by atoms with Crippen molar-refractivity contribution in [1.29, 1.82) is 0 Å². The van der Waals surface area contributed by atoms with Crippen LogP contribution in [0.15, 0.2) is 73.1 Å². The van der Waals surface area contributed by atoms with Crippen molar-refractivity contribution in [3.05, 3.63) is 89.3 Å². The third-order valence-electron chi connectivity index (χ3n) is 4.42. The largest absolute Gasteiger partial charge is 0.354 e. The van der Waals surface area contributed by atoms with Gasteiger partial charge in [0.2, 0.25) is 0 Å². The van der Waals surface area contributed by atoms with Gasteiger partial charge in [0.05, 0.1) is 23.1 Å². The van der Waals surface area contributed by atoms with Gasteiger partial charge in [-0.05, 0) is 48.9 Å². The monoisotopic (exact) mass is 388 g/mol. The molecule has 0 fully saturated rings. The third kappa shape index (κ3) is 3.66. The molecule has 0 atom stereocenters. The number of rotatable bonds is 4. The minimum Gasteiger partial charge on any atom is -0.354 e. The molecule has 1 amide bonds. The molecule has 0 unspecified atom stereocenters. The number of carbonyl (C=O) groups excluding carboxylic acids is 1. The Morgan fingerprint density at radius 2 is 1.71 bits per heavy atom. The van der Waals surface area contributed by atoms with Gasteiger partial charge in [-0.25, -0.2) is 4.98 Å². The summed E-state index contributed by atoms with van der Waals surface area (Å²) >= 11 is 6.15. The number of nitrogens with zero attached hydrogens (tertiary/aromatic N) is 2. The zero-order valence-electron chi connectivity index (χ0n) is 15.1. The molecule has 4 rings (SSSR count). The second-order valence-electron chi connectivity index (χ2n) is 6.30. The molecule has 0 spiro atoms. The molecule has 0 saturated carbocycles. The van der Waals surface area contributed by atoms with Gasteiger partial charge in [0, 0.05) is 22.3 Å². The van der Waals surface area contributed by atoms with E-state index in [-0.39, 0.29) is 5.91 Å². The highest BCUT2D eigenvalue weighted by molar-refractivity contribution is 6.31. The van der Waals surface area contributed by atoms with E-state index in [1.807, 2.05) is 61.5 Å². The maximum atomic E-state index is 12.6. The van der Waals surface area contributed by atoms with Gasteiger partial charge in [0.15, 0.2) is 0 Å². The van der Waals surface area contributed by atoms with Gasteiger partial charge in [-0.2, -0.15) is 0 Å². The molecular weight excluding hydrogens is 372 g/mol. The number of fused-ring (bicyclic) bond motifs is 1. The molecule has 0 radical (unpaired) electrons. The fourth-order valence-electron chi connectivity index (χ4n) is 2.89. The Balaban J connectivity index is 1.52. The van der Waals surface area contributed by atoms with Crippen molar-refractivity contribution < 1.29 is 4.79 Å². The number of aromatic nitrogens is 2. The van der Waals surface area contributed by atoms with Crippen LogP contribution in [0.25, 0.3) is 10.9 Å². The molecule has 0 aliphatic rings. The number of benzene rings is 2. The highest BCUT2D eigenvalue weighted by Crippen LogP contribution is 2.26. The van der Waals surface area contributed by atoms with Crippen LogP contribution in [-0.4, -0.2) is 15.9 Å². The average molecular weight is 389 g/mol. The van der Waals surface area contributed by atoms with Crippen molar-refractivity contribution in [1.82, 2.24) is 9.97 Å². The molecule has 0 saturated heterocycles. The van der Waals surface area contributed by atoms with E-state index in [1.54, 1.807) is 18.5 Å². The number of hydrogen-bond donors (Lipinski definition) is 2. The van der Waals surface area contributed by atoms with Crippen molar-refractivity contribution in [3.63, 3.8) is 0 Å². The average Bonchev–Trinajstić information content (AvgIpc) is 2.72. The topological polar surface area (TPSA) is 66.9 Å². The molecular formula is C22H17ClN4O. The lowest BCUT2D eigenvalue weighted by atomic mass is 10.2. The van der Waals surface area contributed by atoms with Gasteiger partial charge in [-0.15, -0.1) is 0 Å². The first-order valence-corrected chi connectivity index (χ1v) is 9.13. The lowest BCUT2D eigenvalue weighted by Crippen LogP contribution is -2.14. The summed E-state index contributed by atoms with van der Waals surface area (Å²) in [5, 5.41) is 7.80. The number of hydrogen-bond acceptors (Lipinski definition) is 4. The SMILES string of the molecule is Cc1c(Cl)cccc1Nc1ccc(C(=O)Nc2cccc3cccnc23)nc1. The van der Waals surface area contributed by atoms with E-state index in [0.717, 1.165) is 27.8 Å². The summed E-state index contributed by atoms with van der Waals surface area (Å²) in [5.41, 5.74) is 4.34. The maximum absolute atomic E-state index is 12.6. The molecule has 2 aromatic heterocycles. The number of anilines is 3. The summed E-state index contributed by atoms with van der Waals surface area (Å²) in [5.74, 6) is -0.288. The third-order valence-corrected chi connectivity index (χ3v) is 4.83. The van der Waals surface area contributed by atoms with Crippen molar-refractivity contribution in [3.8, 4) is 0 Å². The van der Waals surface area contributed by atoms with Crippen molar-refractivity contribution in [2.75, 3.05) is 10.6 Å². The molecule has 2 aromatic carbocycles. The lowest BCUT2D eigenvalue weighted by Gasteiger charge is -2.11. The predicted molar refractivity (Wildman–Crippen MR) is 113 cm³/mol. The van der Waals surface area contributed by atoms with Crippen LogP contribution in [0.3, 0.4) is 0 Å². The molecule has 5 nitrogen and oxygen atoms in total. The number of pyridine rings is 2. The van der Waals surface area contributed by atoms with Gasteiger partial charge < -0.3 is 10.6 Å². The van der Waals surface area contributed by atoms with Crippen LogP contribution in [0.1, 0.15) is 16.1 Å². The number of nitrogens with one attached hydrogen (secondary N) is 2. The highest BCUT2D eigenvalue weighted by Gasteiger charge is 2.11. The second-order valence-corrected chi connectivity index (χ2v) is 6.71. The van der Waals surface area contributed by atoms with Crippen LogP contribution in [0, 0.1) is 6.92 Å². The number of halogens is 1. The number of carbonyl (C=O) groups is 1. The van der Waals surface area contributed by atoms with Crippen LogP contribution in [0.5, 0.6) is 0 Å². The summed E-state index contributed by atoms with van der Waals surface area (Å²) in [6.45, 7) is 1.94. The van der Waals surface area contributed by atoms with Gasteiger partial charge in [-0.3, -0.25) is 9.78 Å². The van der Waals surface area contributed by atoms with E-state index >= 15 is 0 Å². The van der Waals surface area contributed by atoms with Crippen LogP contribution in [0.4, 0.5) is 17.1 Å². The molecule has 0 bridgehead atoms.